The number of hydrogen-bond donors (Lipinski definition) is 0. The highest BCUT2D eigenvalue weighted by Crippen LogP contribution is 2.26. The van der Waals surface area contributed by atoms with Crippen molar-refractivity contribution in [1.82, 2.24) is 0 Å². The molecule has 0 saturated carbocycles. The van der Waals surface area contributed by atoms with Crippen LogP contribution in [0.4, 0.5) is 4.39 Å². The molecule has 0 aromatic heterocycles. The Morgan fingerprint density at radius 3 is 2.42 bits per heavy atom. The maximum absolute atomic E-state index is 13.5. The van der Waals surface area contributed by atoms with Crippen molar-refractivity contribution < 1.29 is 9.13 Å². The van der Waals surface area contributed by atoms with Crippen molar-refractivity contribution in [3.63, 3.8) is 0 Å². The zero-order valence-electron chi connectivity index (χ0n) is 10.3. The fourth-order valence-corrected chi connectivity index (χ4v) is 2.09. The molecule has 0 saturated heterocycles. The Kier molecular flexibility index (Phi) is 3.15. The summed E-state index contributed by atoms with van der Waals surface area (Å²) in [6.45, 7) is 0.237. The van der Waals surface area contributed by atoms with E-state index in [0.29, 0.717) is 5.56 Å². The molecule has 0 aliphatic carbocycles. The van der Waals surface area contributed by atoms with Crippen molar-refractivity contribution in [3.05, 3.63) is 78.1 Å². The van der Waals surface area contributed by atoms with Gasteiger partial charge in [-0.1, -0.05) is 54.6 Å². The van der Waals surface area contributed by atoms with Crippen LogP contribution in [-0.2, 0) is 6.61 Å². The first kappa shape index (κ1) is 11.7. The number of fused-ring (bicyclic) bond motifs is 1. The molecule has 0 fully saturated rings. The molecule has 0 N–H and O–H groups in total. The highest BCUT2D eigenvalue weighted by Gasteiger charge is 2.04. The summed E-state index contributed by atoms with van der Waals surface area (Å²) in [4.78, 5) is 0. The van der Waals surface area contributed by atoms with Gasteiger partial charge in [0, 0.05) is 10.9 Å². The summed E-state index contributed by atoms with van der Waals surface area (Å²) in [6, 6.07) is 20.6. The third kappa shape index (κ3) is 2.43. The van der Waals surface area contributed by atoms with Gasteiger partial charge in [0.05, 0.1) is 0 Å². The number of halogens is 1. The highest BCUT2D eigenvalue weighted by atomic mass is 19.1. The van der Waals surface area contributed by atoms with E-state index in [0.717, 1.165) is 16.5 Å². The second-order valence-electron chi connectivity index (χ2n) is 4.36. The molecule has 0 atom stereocenters. The monoisotopic (exact) mass is 252 g/mol. The van der Waals surface area contributed by atoms with E-state index in [1.165, 1.54) is 6.07 Å². The van der Waals surface area contributed by atoms with Gasteiger partial charge < -0.3 is 4.74 Å². The van der Waals surface area contributed by atoms with Crippen LogP contribution in [0.3, 0.4) is 0 Å². The van der Waals surface area contributed by atoms with Crippen molar-refractivity contribution in [1.29, 1.82) is 0 Å². The van der Waals surface area contributed by atoms with Crippen LogP contribution in [0.25, 0.3) is 10.8 Å². The molecular weight excluding hydrogens is 239 g/mol. The van der Waals surface area contributed by atoms with Crippen molar-refractivity contribution in [3.8, 4) is 5.75 Å². The average molecular weight is 252 g/mol. The van der Waals surface area contributed by atoms with Crippen molar-refractivity contribution in [2.24, 2.45) is 0 Å². The van der Waals surface area contributed by atoms with Crippen LogP contribution in [0.2, 0.25) is 0 Å². The van der Waals surface area contributed by atoms with E-state index in [-0.39, 0.29) is 12.4 Å². The molecule has 2 heteroatoms. The molecule has 0 aliphatic heterocycles. The first-order chi connectivity index (χ1) is 9.34. The van der Waals surface area contributed by atoms with E-state index in [2.05, 4.69) is 0 Å². The van der Waals surface area contributed by atoms with Crippen LogP contribution in [0.1, 0.15) is 5.56 Å². The Morgan fingerprint density at radius 1 is 0.789 bits per heavy atom. The predicted octanol–water partition coefficient (Wildman–Crippen LogP) is 4.56. The summed E-state index contributed by atoms with van der Waals surface area (Å²) < 4.78 is 19.3. The third-order valence-electron chi connectivity index (χ3n) is 3.09. The summed E-state index contributed by atoms with van der Waals surface area (Å²) in [5, 5.41) is 2.16. The quantitative estimate of drug-likeness (QED) is 0.664. The van der Waals surface area contributed by atoms with Gasteiger partial charge in [-0.3, -0.25) is 0 Å². The SMILES string of the molecule is Fc1ccccc1COc1cccc2ccccc12. The lowest BCUT2D eigenvalue weighted by Gasteiger charge is -2.09. The van der Waals surface area contributed by atoms with Gasteiger partial charge >= 0.3 is 0 Å². The molecule has 0 spiro atoms. The Labute approximate surface area is 111 Å². The molecule has 1 nitrogen and oxygen atoms in total. The molecule has 0 bridgehead atoms. The van der Waals surface area contributed by atoms with E-state index in [1.54, 1.807) is 12.1 Å². The van der Waals surface area contributed by atoms with Gasteiger partial charge in [0.25, 0.3) is 0 Å². The largest absolute Gasteiger partial charge is 0.488 e. The molecule has 0 radical (unpaired) electrons. The van der Waals surface area contributed by atoms with Crippen molar-refractivity contribution >= 4 is 10.8 Å². The van der Waals surface area contributed by atoms with Gasteiger partial charge in [-0.15, -0.1) is 0 Å². The molecule has 0 heterocycles. The van der Waals surface area contributed by atoms with E-state index in [1.807, 2.05) is 48.5 Å². The lowest BCUT2D eigenvalue weighted by molar-refractivity contribution is 0.303. The van der Waals surface area contributed by atoms with Crippen LogP contribution in [0.5, 0.6) is 5.75 Å². The molecule has 19 heavy (non-hydrogen) atoms. The Hall–Kier alpha value is -2.35. The molecule has 3 aromatic carbocycles. The first-order valence-corrected chi connectivity index (χ1v) is 6.18. The minimum atomic E-state index is -0.234. The zero-order chi connectivity index (χ0) is 13.1. The molecule has 3 aromatic rings. The minimum absolute atomic E-state index is 0.234. The number of rotatable bonds is 3. The molecule has 0 aliphatic rings. The van der Waals surface area contributed by atoms with Crippen LogP contribution in [0, 0.1) is 5.82 Å². The maximum Gasteiger partial charge on any atom is 0.129 e. The number of hydrogen-bond acceptors (Lipinski definition) is 1. The zero-order valence-corrected chi connectivity index (χ0v) is 10.3. The second kappa shape index (κ2) is 5.11. The van der Waals surface area contributed by atoms with Gasteiger partial charge in [-0.25, -0.2) is 4.39 Å². The van der Waals surface area contributed by atoms with Gasteiger partial charge in [0.2, 0.25) is 0 Å². The van der Waals surface area contributed by atoms with Crippen molar-refractivity contribution in [2.45, 2.75) is 6.61 Å². The van der Waals surface area contributed by atoms with E-state index in [4.69, 9.17) is 4.74 Å². The van der Waals surface area contributed by atoms with Gasteiger partial charge in [-0.2, -0.15) is 0 Å². The topological polar surface area (TPSA) is 9.23 Å². The average Bonchev–Trinajstić information content (AvgIpc) is 2.46. The molecule has 94 valence electrons. The lowest BCUT2D eigenvalue weighted by Crippen LogP contribution is -1.98. The summed E-state index contributed by atoms with van der Waals surface area (Å²) in [5.41, 5.74) is 0.565. The van der Waals surface area contributed by atoms with Crippen LogP contribution >= 0.6 is 0 Å². The van der Waals surface area contributed by atoms with Crippen LogP contribution in [-0.4, -0.2) is 0 Å². The molecule has 0 unspecified atom stereocenters. The third-order valence-corrected chi connectivity index (χ3v) is 3.09. The number of ether oxygens (including phenoxy) is 1. The summed E-state index contributed by atoms with van der Waals surface area (Å²) in [5.74, 6) is 0.545. The summed E-state index contributed by atoms with van der Waals surface area (Å²) >= 11 is 0. The summed E-state index contributed by atoms with van der Waals surface area (Å²) in [6.07, 6.45) is 0. The van der Waals surface area contributed by atoms with Gasteiger partial charge in [0.1, 0.15) is 18.2 Å². The predicted molar refractivity (Wildman–Crippen MR) is 74.7 cm³/mol. The van der Waals surface area contributed by atoms with Crippen molar-refractivity contribution in [2.75, 3.05) is 0 Å². The van der Waals surface area contributed by atoms with E-state index in [9.17, 15) is 4.39 Å². The molecule has 0 amide bonds. The second-order valence-corrected chi connectivity index (χ2v) is 4.36. The maximum atomic E-state index is 13.5. The first-order valence-electron chi connectivity index (χ1n) is 6.18. The highest BCUT2D eigenvalue weighted by molar-refractivity contribution is 5.88. The Bertz CT molecular complexity index is 701. The van der Waals surface area contributed by atoms with E-state index >= 15 is 0 Å². The standard InChI is InChI=1S/C17H13FO/c18-16-10-4-2-7-14(16)12-19-17-11-5-8-13-6-1-3-9-15(13)17/h1-11H,12H2. The van der Waals surface area contributed by atoms with Gasteiger partial charge in [-0.05, 0) is 17.5 Å². The van der Waals surface area contributed by atoms with Crippen LogP contribution < -0.4 is 4.74 Å². The van der Waals surface area contributed by atoms with E-state index < -0.39 is 0 Å². The Morgan fingerprint density at radius 2 is 1.53 bits per heavy atom. The van der Waals surface area contributed by atoms with Gasteiger partial charge in [0.15, 0.2) is 0 Å². The molecule has 3 rings (SSSR count). The number of benzene rings is 3. The molecular formula is C17H13FO. The summed E-state index contributed by atoms with van der Waals surface area (Å²) in [7, 11) is 0. The fourth-order valence-electron chi connectivity index (χ4n) is 2.09. The fraction of sp³-hybridized carbons (Fsp3) is 0.0588. The smallest absolute Gasteiger partial charge is 0.129 e. The lowest BCUT2D eigenvalue weighted by atomic mass is 10.1. The minimum Gasteiger partial charge on any atom is -0.488 e. The van der Waals surface area contributed by atoms with Crippen LogP contribution in [0.15, 0.2) is 66.7 Å². The Balaban J connectivity index is 1.88. The normalized spacial score (nSPS) is 10.6.